The molecule has 7 heteroatoms. The highest BCUT2D eigenvalue weighted by molar-refractivity contribution is 5.85. The maximum absolute atomic E-state index is 13.8. The van der Waals surface area contributed by atoms with E-state index in [0.717, 1.165) is 54.8 Å². The van der Waals surface area contributed by atoms with Crippen molar-refractivity contribution in [2.75, 3.05) is 6.54 Å². The fourth-order valence-corrected chi connectivity index (χ4v) is 5.74. The van der Waals surface area contributed by atoms with E-state index < -0.39 is 28.9 Å². The Labute approximate surface area is 197 Å². The number of piperidine rings is 1. The smallest absolute Gasteiger partial charge is 0.229 e. The van der Waals surface area contributed by atoms with Crippen LogP contribution >= 0.6 is 0 Å². The number of benzene rings is 2. The first kappa shape index (κ1) is 22.7. The van der Waals surface area contributed by atoms with Crippen LogP contribution in [0, 0.1) is 36.7 Å². The highest BCUT2D eigenvalue weighted by Gasteiger charge is 2.53. The van der Waals surface area contributed by atoms with Crippen molar-refractivity contribution in [3.63, 3.8) is 0 Å². The van der Waals surface area contributed by atoms with Crippen molar-refractivity contribution < 1.29 is 18.0 Å². The van der Waals surface area contributed by atoms with Gasteiger partial charge < -0.3 is 9.47 Å². The van der Waals surface area contributed by atoms with Gasteiger partial charge in [0.05, 0.1) is 23.5 Å². The van der Waals surface area contributed by atoms with Gasteiger partial charge in [-0.05, 0) is 87.3 Å². The molecule has 1 aliphatic heterocycles. The molecule has 1 amide bonds. The number of aryl methyl sites for hydroxylation is 2. The maximum Gasteiger partial charge on any atom is 0.229 e. The molecular weight excluding hydrogens is 439 g/mol. The maximum atomic E-state index is 13.8. The van der Waals surface area contributed by atoms with Gasteiger partial charge in [0.1, 0.15) is 0 Å². The molecule has 0 radical (unpaired) electrons. The largest absolute Gasteiger partial charge is 0.335 e. The summed E-state index contributed by atoms with van der Waals surface area (Å²) >= 11 is 0. The van der Waals surface area contributed by atoms with Gasteiger partial charge in [-0.2, -0.15) is 0 Å². The average molecular weight is 468 g/mol. The first-order valence-corrected chi connectivity index (χ1v) is 11.8. The van der Waals surface area contributed by atoms with E-state index in [2.05, 4.69) is 30.1 Å². The number of hydrogen-bond acceptors (Lipinski definition) is 2. The lowest BCUT2D eigenvalue weighted by Gasteiger charge is -2.53. The zero-order valence-corrected chi connectivity index (χ0v) is 19.6. The second-order valence-electron chi connectivity index (χ2n) is 9.93. The fourth-order valence-electron chi connectivity index (χ4n) is 5.74. The first-order valence-electron chi connectivity index (χ1n) is 11.8. The molecule has 1 unspecified atom stereocenters. The summed E-state index contributed by atoms with van der Waals surface area (Å²) in [4.78, 5) is 19.5. The molecule has 2 heterocycles. The zero-order valence-electron chi connectivity index (χ0n) is 19.6. The molecule has 4 nitrogen and oxygen atoms in total. The minimum Gasteiger partial charge on any atom is -0.335 e. The van der Waals surface area contributed by atoms with Crippen LogP contribution in [0.2, 0.25) is 0 Å². The van der Waals surface area contributed by atoms with Crippen LogP contribution in [-0.2, 0) is 4.79 Å². The Morgan fingerprint density at radius 3 is 2.41 bits per heavy atom. The number of nitrogens with zero attached hydrogens (tertiary/aromatic N) is 3. The summed E-state index contributed by atoms with van der Waals surface area (Å²) in [7, 11) is 0. The lowest BCUT2D eigenvalue weighted by Crippen LogP contribution is -2.54. The standard InChI is InChI=1S/C27H28F3N3O/c1-16-9-19(5-6-24(16)32-14-17(2)31-15-32)21-12-27(13-21)7-4-8-33(26(27)34)18(3)20-10-22(28)25(30)23(29)11-20/h5-6,9-11,14-15,18,21H,4,7-8,12-13H2,1-3H3. The highest BCUT2D eigenvalue weighted by atomic mass is 19.2. The van der Waals surface area contributed by atoms with Crippen LogP contribution in [0.5, 0.6) is 0 Å². The lowest BCUT2D eigenvalue weighted by atomic mass is 9.56. The number of hydrogen-bond donors (Lipinski definition) is 0. The van der Waals surface area contributed by atoms with Crippen molar-refractivity contribution >= 4 is 5.91 Å². The topological polar surface area (TPSA) is 38.1 Å². The number of likely N-dealkylation sites (tertiary alicyclic amines) is 1. The molecule has 2 aliphatic rings. The van der Waals surface area contributed by atoms with Gasteiger partial charge in [0.2, 0.25) is 5.91 Å². The summed E-state index contributed by atoms with van der Waals surface area (Å²) in [6, 6.07) is 7.90. The summed E-state index contributed by atoms with van der Waals surface area (Å²) < 4.78 is 43.0. The summed E-state index contributed by atoms with van der Waals surface area (Å²) in [5.41, 5.74) is 4.28. The van der Waals surface area contributed by atoms with Gasteiger partial charge in [0.15, 0.2) is 17.5 Å². The van der Waals surface area contributed by atoms with E-state index in [-0.39, 0.29) is 11.5 Å². The van der Waals surface area contributed by atoms with Crippen LogP contribution in [0.15, 0.2) is 42.9 Å². The van der Waals surface area contributed by atoms with Crippen molar-refractivity contribution in [1.82, 2.24) is 14.5 Å². The zero-order chi connectivity index (χ0) is 24.2. The van der Waals surface area contributed by atoms with E-state index in [9.17, 15) is 18.0 Å². The number of aromatic nitrogens is 2. The second-order valence-corrected chi connectivity index (χ2v) is 9.93. The highest BCUT2D eigenvalue weighted by Crippen LogP contribution is 2.57. The number of carbonyl (C=O) groups excluding carboxylic acids is 1. The summed E-state index contributed by atoms with van der Waals surface area (Å²) in [6.45, 7) is 6.32. The van der Waals surface area contributed by atoms with Crippen LogP contribution in [0.1, 0.15) is 67.0 Å². The van der Waals surface area contributed by atoms with E-state index in [1.54, 1.807) is 11.8 Å². The molecular formula is C27H28F3N3O. The number of amides is 1. The summed E-state index contributed by atoms with van der Waals surface area (Å²) in [5, 5.41) is 0. The second kappa shape index (κ2) is 8.29. The normalized spacial score (nSPS) is 23.3. The molecule has 1 aromatic heterocycles. The predicted octanol–water partition coefficient (Wildman–Crippen LogP) is 6.15. The summed E-state index contributed by atoms with van der Waals surface area (Å²) in [5.74, 6) is -3.60. The molecule has 34 heavy (non-hydrogen) atoms. The Bertz CT molecular complexity index is 1240. The van der Waals surface area contributed by atoms with Crippen LogP contribution in [0.25, 0.3) is 5.69 Å². The number of imidazole rings is 1. The van der Waals surface area contributed by atoms with Gasteiger partial charge in [0, 0.05) is 18.4 Å². The number of carbonyl (C=O) groups is 1. The Hall–Kier alpha value is -3.09. The first-order chi connectivity index (χ1) is 16.2. The van der Waals surface area contributed by atoms with Gasteiger partial charge in [-0.3, -0.25) is 4.79 Å². The van der Waals surface area contributed by atoms with Crippen LogP contribution in [0.3, 0.4) is 0 Å². The molecule has 1 atom stereocenters. The van der Waals surface area contributed by atoms with Gasteiger partial charge in [-0.15, -0.1) is 0 Å². The van der Waals surface area contributed by atoms with E-state index in [1.807, 2.05) is 24.0 Å². The predicted molar refractivity (Wildman–Crippen MR) is 123 cm³/mol. The van der Waals surface area contributed by atoms with Crippen LogP contribution in [0.4, 0.5) is 13.2 Å². The van der Waals surface area contributed by atoms with Crippen molar-refractivity contribution in [1.29, 1.82) is 0 Å². The molecule has 0 bridgehead atoms. The van der Waals surface area contributed by atoms with Gasteiger partial charge in [-0.25, -0.2) is 18.2 Å². The molecule has 178 valence electrons. The molecule has 1 aliphatic carbocycles. The molecule has 3 aromatic rings. The molecule has 2 fully saturated rings. The average Bonchev–Trinajstić information content (AvgIpc) is 3.21. The Morgan fingerprint density at radius 2 is 1.79 bits per heavy atom. The Morgan fingerprint density at radius 1 is 1.09 bits per heavy atom. The van der Waals surface area contributed by atoms with E-state index in [0.29, 0.717) is 12.5 Å². The molecule has 0 N–H and O–H groups in total. The Balaban J connectivity index is 1.32. The van der Waals surface area contributed by atoms with E-state index in [1.165, 1.54) is 5.56 Å². The summed E-state index contributed by atoms with van der Waals surface area (Å²) in [6.07, 6.45) is 7.00. The quantitative estimate of drug-likeness (QED) is 0.432. The Kier molecular flexibility index (Phi) is 5.53. The van der Waals surface area contributed by atoms with Crippen molar-refractivity contribution in [2.24, 2.45) is 5.41 Å². The van der Waals surface area contributed by atoms with Crippen molar-refractivity contribution in [3.05, 3.63) is 82.7 Å². The van der Waals surface area contributed by atoms with Gasteiger partial charge in [-0.1, -0.05) is 12.1 Å². The lowest BCUT2D eigenvalue weighted by molar-refractivity contribution is -0.156. The van der Waals surface area contributed by atoms with Crippen LogP contribution in [-0.4, -0.2) is 26.9 Å². The molecule has 5 rings (SSSR count). The van der Waals surface area contributed by atoms with Crippen LogP contribution < -0.4 is 0 Å². The van der Waals surface area contributed by atoms with Crippen molar-refractivity contribution in [2.45, 2.75) is 58.4 Å². The van der Waals surface area contributed by atoms with Gasteiger partial charge >= 0.3 is 0 Å². The number of rotatable bonds is 4. The minimum atomic E-state index is -1.48. The molecule has 1 saturated heterocycles. The molecule has 2 aromatic carbocycles. The SMILES string of the molecule is Cc1cn(-c2ccc(C3CC4(CCCN(C(C)c5cc(F)c(F)c(F)c5)C4=O)C3)cc2C)cn1. The van der Waals surface area contributed by atoms with E-state index in [4.69, 9.17) is 0 Å². The monoisotopic (exact) mass is 467 g/mol. The minimum absolute atomic E-state index is 0.0369. The third kappa shape index (κ3) is 3.71. The molecule has 1 saturated carbocycles. The third-order valence-corrected chi connectivity index (χ3v) is 7.68. The van der Waals surface area contributed by atoms with Crippen molar-refractivity contribution in [3.8, 4) is 5.69 Å². The molecule has 1 spiro atoms. The fraction of sp³-hybridized carbons (Fsp3) is 0.407. The number of halogens is 3. The van der Waals surface area contributed by atoms with Gasteiger partial charge in [0.25, 0.3) is 0 Å². The van der Waals surface area contributed by atoms with E-state index >= 15 is 0 Å². The third-order valence-electron chi connectivity index (χ3n) is 7.68.